The van der Waals surface area contributed by atoms with Crippen LogP contribution >= 0.6 is 11.3 Å². The van der Waals surface area contributed by atoms with E-state index in [1.54, 1.807) is 0 Å². The van der Waals surface area contributed by atoms with Gasteiger partial charge in [-0.1, -0.05) is 158 Å². The van der Waals surface area contributed by atoms with Gasteiger partial charge in [-0.3, -0.25) is 0 Å². The summed E-state index contributed by atoms with van der Waals surface area (Å²) in [5.41, 5.74) is 12.4. The SMILES string of the molecule is c1ccc(C2(c3ccccc3)c3ccccc3-c3c2cc(-c2ccc4cc(-c5ccc6sc7ccccc7c6c5)ccc4c2)c2ccccc32)cc1. The summed E-state index contributed by atoms with van der Waals surface area (Å²) in [6, 6.07) is 72.4. The molecule has 0 nitrogen and oxygen atoms in total. The lowest BCUT2D eigenvalue weighted by atomic mass is 9.67. The predicted molar refractivity (Wildman–Crippen MR) is 223 cm³/mol. The molecule has 1 heteroatoms. The van der Waals surface area contributed by atoms with Crippen molar-refractivity contribution in [3.8, 4) is 33.4 Å². The zero-order valence-corrected chi connectivity index (χ0v) is 29.2. The van der Waals surface area contributed by atoms with Gasteiger partial charge in [0.15, 0.2) is 0 Å². The fraction of sp³-hybridized carbons (Fsp3) is 0.0196. The Kier molecular flexibility index (Phi) is 6.44. The number of thiophene rings is 1. The zero-order chi connectivity index (χ0) is 34.2. The highest BCUT2D eigenvalue weighted by atomic mass is 32.1. The Morgan fingerprint density at radius 2 is 0.885 bits per heavy atom. The maximum Gasteiger partial charge on any atom is 0.0714 e. The van der Waals surface area contributed by atoms with E-state index < -0.39 is 5.41 Å². The van der Waals surface area contributed by atoms with Crippen LogP contribution in [0, 0.1) is 0 Å². The van der Waals surface area contributed by atoms with Gasteiger partial charge < -0.3 is 0 Å². The van der Waals surface area contributed by atoms with E-state index in [1.807, 2.05) is 11.3 Å². The molecule has 0 unspecified atom stereocenters. The summed E-state index contributed by atoms with van der Waals surface area (Å²) in [7, 11) is 0. The van der Waals surface area contributed by atoms with E-state index in [2.05, 4.69) is 194 Å². The van der Waals surface area contributed by atoms with Gasteiger partial charge >= 0.3 is 0 Å². The topological polar surface area (TPSA) is 0 Å². The highest BCUT2D eigenvalue weighted by Crippen LogP contribution is 2.59. The van der Waals surface area contributed by atoms with Crippen LogP contribution in [0.4, 0.5) is 0 Å². The maximum atomic E-state index is 2.51. The predicted octanol–water partition coefficient (Wildman–Crippen LogP) is 14.1. The first-order chi connectivity index (χ1) is 25.8. The van der Waals surface area contributed by atoms with Gasteiger partial charge in [-0.15, -0.1) is 11.3 Å². The summed E-state index contributed by atoms with van der Waals surface area (Å²) in [4.78, 5) is 0. The second kappa shape index (κ2) is 11.4. The number of benzene rings is 9. The Hall–Kier alpha value is -6.28. The summed E-state index contributed by atoms with van der Waals surface area (Å²) in [6.45, 7) is 0. The number of fused-ring (bicyclic) bond motifs is 9. The largest absolute Gasteiger partial charge is 0.135 e. The lowest BCUT2D eigenvalue weighted by Gasteiger charge is -2.34. The van der Waals surface area contributed by atoms with Crippen LogP contribution in [0.2, 0.25) is 0 Å². The number of rotatable bonds is 4. The summed E-state index contributed by atoms with van der Waals surface area (Å²) < 4.78 is 2.68. The molecule has 1 aliphatic carbocycles. The standard InChI is InChI=1S/C51H32S/c1-3-13-38(14-4-1)51(39-15-5-2-6-16-39)46-21-11-9-20-43(46)50-42-19-8-7-17-40(42)44(32-47(50)51)37-26-25-33-29-34(23-24-35(33)30-37)36-27-28-49-45(31-36)41-18-10-12-22-48(41)52-49/h1-32H. The van der Waals surface area contributed by atoms with Crippen molar-refractivity contribution in [1.82, 2.24) is 0 Å². The molecule has 0 aliphatic heterocycles. The molecule has 10 aromatic rings. The van der Waals surface area contributed by atoms with Crippen molar-refractivity contribution in [2.45, 2.75) is 5.41 Å². The van der Waals surface area contributed by atoms with E-state index in [0.717, 1.165) is 0 Å². The van der Waals surface area contributed by atoms with Gasteiger partial charge in [0.2, 0.25) is 0 Å². The smallest absolute Gasteiger partial charge is 0.0714 e. The molecule has 0 amide bonds. The first-order valence-electron chi connectivity index (χ1n) is 18.0. The summed E-state index contributed by atoms with van der Waals surface area (Å²) >= 11 is 1.87. The molecule has 242 valence electrons. The first-order valence-corrected chi connectivity index (χ1v) is 18.8. The number of hydrogen-bond acceptors (Lipinski definition) is 1. The first kappa shape index (κ1) is 29.5. The van der Waals surface area contributed by atoms with E-state index in [1.165, 1.54) is 97.4 Å². The van der Waals surface area contributed by atoms with Gasteiger partial charge in [0.1, 0.15) is 0 Å². The van der Waals surface area contributed by atoms with Crippen LogP contribution in [0.5, 0.6) is 0 Å². The molecule has 11 rings (SSSR count). The third kappa shape index (κ3) is 4.21. The van der Waals surface area contributed by atoms with Gasteiger partial charge in [-0.2, -0.15) is 0 Å². The maximum absolute atomic E-state index is 2.51. The van der Waals surface area contributed by atoms with Crippen LogP contribution in [0.1, 0.15) is 22.3 Å². The monoisotopic (exact) mass is 676 g/mol. The molecule has 0 radical (unpaired) electrons. The van der Waals surface area contributed by atoms with Crippen LogP contribution in [0.15, 0.2) is 194 Å². The molecule has 9 aromatic carbocycles. The lowest BCUT2D eigenvalue weighted by Crippen LogP contribution is -2.28. The van der Waals surface area contributed by atoms with Crippen molar-refractivity contribution >= 4 is 53.1 Å². The Morgan fingerprint density at radius 1 is 0.327 bits per heavy atom. The van der Waals surface area contributed by atoms with Crippen LogP contribution in [0.3, 0.4) is 0 Å². The fourth-order valence-electron chi connectivity index (χ4n) is 9.04. The Labute approximate surface area is 306 Å². The van der Waals surface area contributed by atoms with Crippen LogP contribution in [-0.4, -0.2) is 0 Å². The zero-order valence-electron chi connectivity index (χ0n) is 28.4. The Balaban J connectivity index is 1.12. The molecule has 1 heterocycles. The van der Waals surface area contributed by atoms with Crippen LogP contribution in [-0.2, 0) is 5.41 Å². The molecule has 0 fully saturated rings. The highest BCUT2D eigenvalue weighted by Gasteiger charge is 2.46. The molecule has 0 saturated carbocycles. The fourth-order valence-corrected chi connectivity index (χ4v) is 10.1. The van der Waals surface area contributed by atoms with Gasteiger partial charge in [-0.05, 0) is 114 Å². The molecule has 0 N–H and O–H groups in total. The van der Waals surface area contributed by atoms with E-state index in [0.29, 0.717) is 0 Å². The van der Waals surface area contributed by atoms with Crippen molar-refractivity contribution in [3.63, 3.8) is 0 Å². The summed E-state index contributed by atoms with van der Waals surface area (Å²) in [5, 5.41) is 7.73. The van der Waals surface area contributed by atoms with Crippen molar-refractivity contribution in [1.29, 1.82) is 0 Å². The molecular formula is C51H32S. The number of hydrogen-bond donors (Lipinski definition) is 0. The van der Waals surface area contributed by atoms with E-state index >= 15 is 0 Å². The average molecular weight is 677 g/mol. The van der Waals surface area contributed by atoms with Crippen LogP contribution in [0.25, 0.3) is 75.1 Å². The molecule has 52 heavy (non-hydrogen) atoms. The van der Waals surface area contributed by atoms with Crippen molar-refractivity contribution in [3.05, 3.63) is 216 Å². The van der Waals surface area contributed by atoms with Gasteiger partial charge in [0.25, 0.3) is 0 Å². The minimum absolute atomic E-state index is 0.451. The van der Waals surface area contributed by atoms with Crippen molar-refractivity contribution in [2.24, 2.45) is 0 Å². The molecule has 0 saturated heterocycles. The third-order valence-electron chi connectivity index (χ3n) is 11.3. The average Bonchev–Trinajstić information content (AvgIpc) is 3.74. The van der Waals surface area contributed by atoms with E-state index in [-0.39, 0.29) is 0 Å². The Bertz CT molecular complexity index is 2960. The second-order valence-corrected chi connectivity index (χ2v) is 15.1. The quantitative estimate of drug-likeness (QED) is 0.174. The van der Waals surface area contributed by atoms with Gasteiger partial charge in [-0.25, -0.2) is 0 Å². The lowest BCUT2D eigenvalue weighted by molar-refractivity contribution is 0.769. The van der Waals surface area contributed by atoms with Gasteiger partial charge in [0.05, 0.1) is 5.41 Å². The van der Waals surface area contributed by atoms with Crippen LogP contribution < -0.4 is 0 Å². The second-order valence-electron chi connectivity index (χ2n) is 14.0. The normalized spacial score (nSPS) is 13.2. The molecule has 0 spiro atoms. The highest BCUT2D eigenvalue weighted by molar-refractivity contribution is 7.25. The van der Waals surface area contributed by atoms with Gasteiger partial charge in [0, 0.05) is 20.2 Å². The minimum atomic E-state index is -0.451. The van der Waals surface area contributed by atoms with Crippen molar-refractivity contribution < 1.29 is 0 Å². The molecule has 0 atom stereocenters. The molecule has 1 aliphatic rings. The minimum Gasteiger partial charge on any atom is -0.135 e. The van der Waals surface area contributed by atoms with E-state index in [4.69, 9.17) is 0 Å². The van der Waals surface area contributed by atoms with Crippen molar-refractivity contribution in [2.75, 3.05) is 0 Å². The summed E-state index contributed by atoms with van der Waals surface area (Å²) in [6.07, 6.45) is 0. The molecular weight excluding hydrogens is 645 g/mol. The van der Waals surface area contributed by atoms with E-state index in [9.17, 15) is 0 Å². The summed E-state index contributed by atoms with van der Waals surface area (Å²) in [5.74, 6) is 0. The molecule has 1 aromatic heterocycles. The third-order valence-corrected chi connectivity index (χ3v) is 12.5. The Morgan fingerprint density at radius 3 is 1.65 bits per heavy atom. The molecule has 0 bridgehead atoms.